The Morgan fingerprint density at radius 2 is 2.26 bits per heavy atom. The molecule has 2 rings (SSSR count). The molecule has 0 spiro atoms. The van der Waals surface area contributed by atoms with Crippen molar-refractivity contribution in [2.45, 2.75) is 52.6 Å². The van der Waals surface area contributed by atoms with Crippen LogP contribution in [0.15, 0.2) is 6.07 Å². The smallest absolute Gasteiger partial charge is 0.227 e. The van der Waals surface area contributed by atoms with Crippen molar-refractivity contribution in [1.82, 2.24) is 9.88 Å². The highest BCUT2D eigenvalue weighted by atomic mass is 16.2. The monoisotopic (exact) mass is 263 g/mol. The summed E-state index contributed by atoms with van der Waals surface area (Å²) >= 11 is 0. The fourth-order valence-corrected chi connectivity index (χ4v) is 3.03. The van der Waals surface area contributed by atoms with Crippen molar-refractivity contribution < 1.29 is 4.79 Å². The standard InChI is InChI=1S/C15H25N3O/c1-10-8-11-12(16)6-5-7-13(11)18(10)9-15(2,3)14(19)17-4/h8,12H,5-7,9,16H2,1-4H3,(H,17,19). The van der Waals surface area contributed by atoms with E-state index in [0.29, 0.717) is 6.54 Å². The maximum atomic E-state index is 12.0. The maximum Gasteiger partial charge on any atom is 0.227 e. The quantitative estimate of drug-likeness (QED) is 0.875. The average molecular weight is 263 g/mol. The first kappa shape index (κ1) is 14.1. The van der Waals surface area contributed by atoms with Gasteiger partial charge in [-0.2, -0.15) is 0 Å². The Labute approximate surface area is 115 Å². The summed E-state index contributed by atoms with van der Waals surface area (Å²) in [6, 6.07) is 2.35. The summed E-state index contributed by atoms with van der Waals surface area (Å²) in [5.74, 6) is 0.0782. The highest BCUT2D eigenvalue weighted by Gasteiger charge is 2.30. The van der Waals surface area contributed by atoms with Gasteiger partial charge in [-0.3, -0.25) is 4.79 Å². The number of aromatic nitrogens is 1. The van der Waals surface area contributed by atoms with E-state index in [2.05, 4.69) is 22.9 Å². The zero-order valence-electron chi connectivity index (χ0n) is 12.4. The van der Waals surface area contributed by atoms with Gasteiger partial charge in [-0.25, -0.2) is 0 Å². The van der Waals surface area contributed by atoms with Gasteiger partial charge in [0.2, 0.25) is 5.91 Å². The van der Waals surface area contributed by atoms with E-state index in [1.54, 1.807) is 7.05 Å². The number of nitrogens with zero attached hydrogens (tertiary/aromatic N) is 1. The van der Waals surface area contributed by atoms with Gasteiger partial charge in [-0.1, -0.05) is 0 Å². The molecule has 106 valence electrons. The average Bonchev–Trinajstić information content (AvgIpc) is 2.67. The number of fused-ring (bicyclic) bond motifs is 1. The van der Waals surface area contributed by atoms with Crippen LogP contribution in [0.4, 0.5) is 0 Å². The second kappa shape index (κ2) is 5.00. The summed E-state index contributed by atoms with van der Waals surface area (Å²) in [7, 11) is 1.69. The normalized spacial score (nSPS) is 19.1. The Morgan fingerprint density at radius 1 is 1.58 bits per heavy atom. The predicted molar refractivity (Wildman–Crippen MR) is 76.9 cm³/mol. The van der Waals surface area contributed by atoms with Crippen LogP contribution in [0, 0.1) is 12.3 Å². The van der Waals surface area contributed by atoms with Crippen molar-refractivity contribution in [2.24, 2.45) is 11.1 Å². The first-order chi connectivity index (χ1) is 8.86. The van der Waals surface area contributed by atoms with E-state index in [1.807, 2.05) is 13.8 Å². The van der Waals surface area contributed by atoms with Gasteiger partial charge in [0.1, 0.15) is 0 Å². The van der Waals surface area contributed by atoms with E-state index in [9.17, 15) is 4.79 Å². The van der Waals surface area contributed by atoms with Gasteiger partial charge in [0, 0.05) is 31.0 Å². The molecule has 0 fully saturated rings. The molecule has 1 aliphatic rings. The second-order valence-corrected chi connectivity index (χ2v) is 6.24. The summed E-state index contributed by atoms with van der Waals surface area (Å²) in [5.41, 5.74) is 9.59. The first-order valence-electron chi connectivity index (χ1n) is 7.03. The molecule has 1 aromatic rings. The topological polar surface area (TPSA) is 60.0 Å². The maximum absolute atomic E-state index is 12.0. The Hall–Kier alpha value is -1.29. The van der Waals surface area contributed by atoms with Crippen molar-refractivity contribution in [2.75, 3.05) is 7.05 Å². The molecular weight excluding hydrogens is 238 g/mol. The Morgan fingerprint density at radius 3 is 2.89 bits per heavy atom. The van der Waals surface area contributed by atoms with Crippen LogP contribution < -0.4 is 11.1 Å². The molecule has 3 N–H and O–H groups in total. The third-order valence-electron chi connectivity index (χ3n) is 4.17. The summed E-state index contributed by atoms with van der Waals surface area (Å²) < 4.78 is 2.28. The van der Waals surface area contributed by atoms with Gasteiger partial charge in [0.05, 0.1) is 5.41 Å². The molecule has 1 heterocycles. The zero-order chi connectivity index (χ0) is 14.2. The van der Waals surface area contributed by atoms with Gasteiger partial charge < -0.3 is 15.6 Å². The van der Waals surface area contributed by atoms with Gasteiger partial charge in [-0.05, 0) is 51.7 Å². The summed E-state index contributed by atoms with van der Waals surface area (Å²) in [4.78, 5) is 12.0. The van der Waals surface area contributed by atoms with E-state index in [4.69, 9.17) is 5.73 Å². The molecule has 19 heavy (non-hydrogen) atoms. The largest absolute Gasteiger partial charge is 0.359 e. The van der Waals surface area contributed by atoms with E-state index in [1.165, 1.54) is 17.0 Å². The van der Waals surface area contributed by atoms with Crippen LogP contribution in [-0.2, 0) is 17.8 Å². The van der Waals surface area contributed by atoms with Gasteiger partial charge in [-0.15, -0.1) is 0 Å². The van der Waals surface area contributed by atoms with Gasteiger partial charge >= 0.3 is 0 Å². The third-order valence-corrected chi connectivity index (χ3v) is 4.17. The van der Waals surface area contributed by atoms with Crippen molar-refractivity contribution >= 4 is 5.91 Å². The number of nitrogens with one attached hydrogen (secondary N) is 1. The molecule has 0 bridgehead atoms. The lowest BCUT2D eigenvalue weighted by atomic mass is 9.90. The van der Waals surface area contributed by atoms with Crippen LogP contribution >= 0.6 is 0 Å². The van der Waals surface area contributed by atoms with E-state index in [0.717, 1.165) is 19.3 Å². The zero-order valence-corrected chi connectivity index (χ0v) is 12.4. The molecule has 0 saturated carbocycles. The lowest BCUT2D eigenvalue weighted by Gasteiger charge is -2.27. The Kier molecular flexibility index (Phi) is 3.72. The molecule has 1 aliphatic carbocycles. The Bertz CT molecular complexity index is 488. The number of nitrogens with two attached hydrogens (primary N) is 1. The number of carbonyl (C=O) groups is 1. The minimum atomic E-state index is -0.409. The molecule has 0 aromatic carbocycles. The summed E-state index contributed by atoms with van der Waals surface area (Å²) in [6.07, 6.45) is 3.27. The van der Waals surface area contributed by atoms with Crippen molar-refractivity contribution in [1.29, 1.82) is 0 Å². The molecule has 0 saturated heterocycles. The SMILES string of the molecule is CNC(=O)C(C)(C)Cn1c(C)cc2c1CCCC2N. The van der Waals surface area contributed by atoms with Crippen LogP contribution in [0.25, 0.3) is 0 Å². The van der Waals surface area contributed by atoms with Crippen LogP contribution in [0.2, 0.25) is 0 Å². The molecule has 4 nitrogen and oxygen atoms in total. The van der Waals surface area contributed by atoms with Gasteiger partial charge in [0.25, 0.3) is 0 Å². The van der Waals surface area contributed by atoms with Crippen molar-refractivity contribution in [3.8, 4) is 0 Å². The number of rotatable bonds is 3. The molecular formula is C15H25N3O. The molecule has 0 aliphatic heterocycles. The van der Waals surface area contributed by atoms with Crippen LogP contribution in [0.5, 0.6) is 0 Å². The van der Waals surface area contributed by atoms with Crippen LogP contribution in [0.3, 0.4) is 0 Å². The lowest BCUT2D eigenvalue weighted by molar-refractivity contribution is -0.129. The number of hydrogen-bond acceptors (Lipinski definition) is 2. The highest BCUT2D eigenvalue weighted by Crippen LogP contribution is 2.32. The Balaban J connectivity index is 2.34. The number of carbonyl (C=O) groups excluding carboxylic acids is 1. The minimum Gasteiger partial charge on any atom is -0.359 e. The van der Waals surface area contributed by atoms with Gasteiger partial charge in [0.15, 0.2) is 0 Å². The summed E-state index contributed by atoms with van der Waals surface area (Å²) in [5, 5.41) is 2.75. The number of aryl methyl sites for hydroxylation is 1. The summed E-state index contributed by atoms with van der Waals surface area (Å²) in [6.45, 7) is 6.78. The predicted octanol–water partition coefficient (Wildman–Crippen LogP) is 1.90. The first-order valence-corrected chi connectivity index (χ1v) is 7.03. The molecule has 0 radical (unpaired) electrons. The van der Waals surface area contributed by atoms with Crippen LogP contribution in [0.1, 0.15) is 49.7 Å². The van der Waals surface area contributed by atoms with E-state index in [-0.39, 0.29) is 11.9 Å². The fourth-order valence-electron chi connectivity index (χ4n) is 3.03. The second-order valence-electron chi connectivity index (χ2n) is 6.24. The molecule has 1 unspecified atom stereocenters. The third kappa shape index (κ3) is 2.54. The van der Waals surface area contributed by atoms with Crippen molar-refractivity contribution in [3.63, 3.8) is 0 Å². The fraction of sp³-hybridized carbons (Fsp3) is 0.667. The van der Waals surface area contributed by atoms with Crippen molar-refractivity contribution in [3.05, 3.63) is 23.0 Å². The molecule has 4 heteroatoms. The minimum absolute atomic E-state index is 0.0782. The highest BCUT2D eigenvalue weighted by molar-refractivity contribution is 5.81. The van der Waals surface area contributed by atoms with E-state index >= 15 is 0 Å². The number of hydrogen-bond donors (Lipinski definition) is 2. The molecule has 1 aromatic heterocycles. The van der Waals surface area contributed by atoms with Crippen LogP contribution in [-0.4, -0.2) is 17.5 Å². The van der Waals surface area contributed by atoms with E-state index < -0.39 is 5.41 Å². The lowest BCUT2D eigenvalue weighted by Crippen LogP contribution is -2.38. The number of amides is 1. The molecule has 1 atom stereocenters. The molecule has 1 amide bonds.